The van der Waals surface area contributed by atoms with Crippen LogP contribution in [0, 0.1) is 28.9 Å². The first-order chi connectivity index (χ1) is 11.3. The molecule has 0 amide bonds. The molecule has 0 radical (unpaired) electrons. The zero-order valence-corrected chi connectivity index (χ0v) is 15.0. The summed E-state index contributed by atoms with van der Waals surface area (Å²) < 4.78 is 27.9. The summed E-state index contributed by atoms with van der Waals surface area (Å²) in [4.78, 5) is 10.7. The number of nitrogens with zero attached hydrogens (tertiary/aromatic N) is 2. The van der Waals surface area contributed by atoms with E-state index in [0.29, 0.717) is 23.9 Å². The predicted molar refractivity (Wildman–Crippen MR) is 91.3 cm³/mol. The van der Waals surface area contributed by atoms with E-state index in [-0.39, 0.29) is 16.6 Å². The van der Waals surface area contributed by atoms with E-state index in [4.69, 9.17) is 0 Å². The lowest BCUT2D eigenvalue weighted by Crippen LogP contribution is -2.52. The average Bonchev–Trinajstić information content (AvgIpc) is 2.55. The quantitative estimate of drug-likeness (QED) is 0.616. The minimum absolute atomic E-state index is 0.0351. The van der Waals surface area contributed by atoms with Gasteiger partial charge in [-0.05, 0) is 44.1 Å². The molecule has 2 fully saturated rings. The fourth-order valence-corrected chi connectivity index (χ4v) is 5.99. The molecular formula is C17H24N2O4S. The molecule has 3 rings (SSSR count). The number of aryl methyl sites for hydroxylation is 1. The molecule has 2 aliphatic rings. The fourth-order valence-electron chi connectivity index (χ4n) is 4.25. The molecule has 6 nitrogen and oxygen atoms in total. The minimum atomic E-state index is -3.70. The summed E-state index contributed by atoms with van der Waals surface area (Å²) in [6.45, 7) is 4.34. The Labute approximate surface area is 143 Å². The molecule has 7 heteroatoms. The standard InChI is InChI=1S/C17H24N2O4S/c1-12-9-10-18(16-6-4-3-5-15(12)16)24(22,23)14-8-7-13(2)17(11-14)19(20)21/h7-8,11-12,15-16H,3-6,9-10H2,1-2H3. The van der Waals surface area contributed by atoms with Gasteiger partial charge < -0.3 is 0 Å². The lowest BCUT2D eigenvalue weighted by Gasteiger charge is -2.46. The van der Waals surface area contributed by atoms with E-state index in [1.807, 2.05) is 0 Å². The van der Waals surface area contributed by atoms with E-state index in [9.17, 15) is 18.5 Å². The van der Waals surface area contributed by atoms with Crippen molar-refractivity contribution in [2.24, 2.45) is 11.8 Å². The Morgan fingerprint density at radius 2 is 1.92 bits per heavy atom. The SMILES string of the molecule is Cc1ccc(S(=O)(=O)N2CCC(C)C3CCCCC32)cc1[N+](=O)[O-]. The first-order valence-corrected chi connectivity index (χ1v) is 10.0. The topological polar surface area (TPSA) is 80.5 Å². The van der Waals surface area contributed by atoms with E-state index in [1.54, 1.807) is 11.2 Å². The number of nitro groups is 1. The Hall–Kier alpha value is -1.47. The molecule has 0 spiro atoms. The maximum atomic E-state index is 13.1. The average molecular weight is 352 g/mol. The van der Waals surface area contributed by atoms with Gasteiger partial charge >= 0.3 is 0 Å². The van der Waals surface area contributed by atoms with Gasteiger partial charge in [-0.2, -0.15) is 4.31 Å². The number of piperidine rings is 1. The van der Waals surface area contributed by atoms with Gasteiger partial charge in [0.2, 0.25) is 10.0 Å². The largest absolute Gasteiger partial charge is 0.273 e. The summed E-state index contributed by atoms with van der Waals surface area (Å²) in [5.41, 5.74) is 0.336. The number of hydrogen-bond acceptors (Lipinski definition) is 4. The second-order valence-corrected chi connectivity index (χ2v) is 8.99. The molecular weight excluding hydrogens is 328 g/mol. The lowest BCUT2D eigenvalue weighted by molar-refractivity contribution is -0.385. The monoisotopic (exact) mass is 352 g/mol. The Kier molecular flexibility index (Phi) is 4.66. The summed E-state index contributed by atoms with van der Waals surface area (Å²) in [5, 5.41) is 11.1. The fraction of sp³-hybridized carbons (Fsp3) is 0.647. The highest BCUT2D eigenvalue weighted by molar-refractivity contribution is 7.89. The highest BCUT2D eigenvalue weighted by atomic mass is 32.2. The summed E-state index contributed by atoms with van der Waals surface area (Å²) in [6, 6.07) is 4.26. The van der Waals surface area contributed by atoms with Gasteiger partial charge in [0.1, 0.15) is 0 Å². The minimum Gasteiger partial charge on any atom is -0.258 e. The van der Waals surface area contributed by atoms with Crippen LogP contribution in [0.15, 0.2) is 23.1 Å². The Balaban J connectivity index is 1.98. The third-order valence-electron chi connectivity index (χ3n) is 5.67. The molecule has 1 saturated carbocycles. The second-order valence-electron chi connectivity index (χ2n) is 7.10. The number of benzene rings is 1. The number of hydrogen-bond donors (Lipinski definition) is 0. The van der Waals surface area contributed by atoms with Crippen molar-refractivity contribution >= 4 is 15.7 Å². The van der Waals surface area contributed by atoms with Crippen LogP contribution in [0.25, 0.3) is 0 Å². The summed E-state index contributed by atoms with van der Waals surface area (Å²) >= 11 is 0. The van der Waals surface area contributed by atoms with Crippen LogP contribution >= 0.6 is 0 Å². The molecule has 3 unspecified atom stereocenters. The molecule has 1 aliphatic heterocycles. The van der Waals surface area contributed by atoms with Gasteiger partial charge in [0.15, 0.2) is 0 Å². The molecule has 3 atom stereocenters. The molecule has 1 aliphatic carbocycles. The lowest BCUT2D eigenvalue weighted by atomic mass is 9.74. The molecule has 1 aromatic carbocycles. The zero-order chi connectivity index (χ0) is 17.5. The maximum absolute atomic E-state index is 13.1. The van der Waals surface area contributed by atoms with Gasteiger partial charge in [-0.3, -0.25) is 10.1 Å². The van der Waals surface area contributed by atoms with Gasteiger partial charge in [0.25, 0.3) is 5.69 Å². The third kappa shape index (κ3) is 2.95. The van der Waals surface area contributed by atoms with Crippen molar-refractivity contribution < 1.29 is 13.3 Å². The Morgan fingerprint density at radius 1 is 1.21 bits per heavy atom. The third-order valence-corrected chi connectivity index (χ3v) is 7.59. The van der Waals surface area contributed by atoms with Crippen molar-refractivity contribution in [3.8, 4) is 0 Å². The molecule has 0 bridgehead atoms. The van der Waals surface area contributed by atoms with Crippen LogP contribution < -0.4 is 0 Å². The van der Waals surface area contributed by atoms with Crippen molar-refractivity contribution in [2.45, 2.75) is 56.9 Å². The van der Waals surface area contributed by atoms with E-state index in [0.717, 1.165) is 32.1 Å². The zero-order valence-electron chi connectivity index (χ0n) is 14.1. The Bertz CT molecular complexity index is 747. The van der Waals surface area contributed by atoms with Crippen LogP contribution in [-0.4, -0.2) is 30.2 Å². The van der Waals surface area contributed by atoms with Crippen molar-refractivity contribution in [2.75, 3.05) is 6.54 Å². The van der Waals surface area contributed by atoms with Gasteiger partial charge in [-0.1, -0.05) is 25.8 Å². The van der Waals surface area contributed by atoms with E-state index in [2.05, 4.69) is 6.92 Å². The van der Waals surface area contributed by atoms with Crippen molar-refractivity contribution in [3.05, 3.63) is 33.9 Å². The number of rotatable bonds is 3. The van der Waals surface area contributed by atoms with Gasteiger partial charge in [0, 0.05) is 24.2 Å². The van der Waals surface area contributed by atoms with Crippen LogP contribution in [0.5, 0.6) is 0 Å². The van der Waals surface area contributed by atoms with Crippen molar-refractivity contribution in [1.82, 2.24) is 4.31 Å². The van der Waals surface area contributed by atoms with E-state index < -0.39 is 14.9 Å². The maximum Gasteiger partial charge on any atom is 0.273 e. The number of sulfonamides is 1. The number of fused-ring (bicyclic) bond motifs is 1. The number of nitro benzene ring substituents is 1. The van der Waals surface area contributed by atoms with Crippen LogP contribution in [0.1, 0.15) is 44.6 Å². The Morgan fingerprint density at radius 3 is 2.62 bits per heavy atom. The second kappa shape index (κ2) is 6.44. The predicted octanol–water partition coefficient (Wildman–Crippen LogP) is 3.49. The van der Waals surface area contributed by atoms with Crippen molar-refractivity contribution in [1.29, 1.82) is 0 Å². The molecule has 0 N–H and O–H groups in total. The van der Waals surface area contributed by atoms with Gasteiger partial charge in [-0.25, -0.2) is 8.42 Å². The van der Waals surface area contributed by atoms with Crippen LogP contribution in [0.3, 0.4) is 0 Å². The first kappa shape index (κ1) is 17.4. The molecule has 0 aromatic heterocycles. The van der Waals surface area contributed by atoms with E-state index in [1.165, 1.54) is 18.2 Å². The first-order valence-electron chi connectivity index (χ1n) is 8.59. The molecule has 1 saturated heterocycles. The van der Waals surface area contributed by atoms with Gasteiger partial charge in [0.05, 0.1) is 9.82 Å². The van der Waals surface area contributed by atoms with Crippen LogP contribution in [0.2, 0.25) is 0 Å². The molecule has 1 aromatic rings. The van der Waals surface area contributed by atoms with Crippen molar-refractivity contribution in [3.63, 3.8) is 0 Å². The molecule has 24 heavy (non-hydrogen) atoms. The van der Waals surface area contributed by atoms with Gasteiger partial charge in [-0.15, -0.1) is 0 Å². The van der Waals surface area contributed by atoms with E-state index >= 15 is 0 Å². The summed E-state index contributed by atoms with van der Waals surface area (Å²) in [5.74, 6) is 0.941. The van der Waals surface area contributed by atoms with Crippen LogP contribution in [-0.2, 0) is 10.0 Å². The smallest absolute Gasteiger partial charge is 0.258 e. The highest BCUT2D eigenvalue weighted by Crippen LogP contribution is 2.41. The summed E-state index contributed by atoms with van der Waals surface area (Å²) in [7, 11) is -3.70. The highest BCUT2D eigenvalue weighted by Gasteiger charge is 2.43. The molecule has 1 heterocycles. The summed E-state index contributed by atoms with van der Waals surface area (Å²) in [6.07, 6.45) is 5.03. The molecule has 132 valence electrons. The van der Waals surface area contributed by atoms with Crippen LogP contribution in [0.4, 0.5) is 5.69 Å². The normalized spacial score (nSPS) is 28.3.